The van der Waals surface area contributed by atoms with Gasteiger partial charge in [0.05, 0.1) is 6.20 Å². The first kappa shape index (κ1) is 10.5. The van der Waals surface area contributed by atoms with Gasteiger partial charge < -0.3 is 9.84 Å². The summed E-state index contributed by atoms with van der Waals surface area (Å²) >= 11 is 0. The third kappa shape index (κ3) is 1.71. The van der Waals surface area contributed by atoms with E-state index in [0.717, 1.165) is 0 Å². The van der Waals surface area contributed by atoms with Gasteiger partial charge in [0.15, 0.2) is 11.5 Å². The van der Waals surface area contributed by atoms with Crippen LogP contribution >= 0.6 is 0 Å². The van der Waals surface area contributed by atoms with Crippen LogP contribution in [0.3, 0.4) is 0 Å². The molecule has 0 aliphatic rings. The van der Waals surface area contributed by atoms with E-state index in [0.29, 0.717) is 22.9 Å². The van der Waals surface area contributed by atoms with Gasteiger partial charge in [-0.25, -0.2) is 9.50 Å². The lowest BCUT2D eigenvalue weighted by atomic mass is 10.3. The standard InChI is InChI=1S/C11H9N5O2/c1-7-6-9(15-18-7)14-11(17)8-2-4-12-10-3-5-13-16(8)10/h2-6H,1H3,(H,14,15,17). The van der Waals surface area contributed by atoms with Crippen molar-refractivity contribution in [3.8, 4) is 0 Å². The number of hydrogen-bond acceptors (Lipinski definition) is 5. The van der Waals surface area contributed by atoms with Gasteiger partial charge in [0.2, 0.25) is 0 Å². The lowest BCUT2D eigenvalue weighted by Gasteiger charge is -2.03. The number of amides is 1. The van der Waals surface area contributed by atoms with E-state index in [2.05, 4.69) is 20.6 Å². The highest BCUT2D eigenvalue weighted by molar-refractivity contribution is 6.02. The molecule has 0 saturated heterocycles. The lowest BCUT2D eigenvalue weighted by molar-refractivity contribution is 0.101. The van der Waals surface area contributed by atoms with E-state index in [1.807, 2.05) is 0 Å². The van der Waals surface area contributed by atoms with Gasteiger partial charge in [-0.1, -0.05) is 5.16 Å². The number of rotatable bonds is 2. The molecule has 1 amide bonds. The molecule has 0 fully saturated rings. The van der Waals surface area contributed by atoms with Crippen LogP contribution in [0.4, 0.5) is 5.82 Å². The Hall–Kier alpha value is -2.70. The maximum Gasteiger partial charge on any atom is 0.275 e. The van der Waals surface area contributed by atoms with Crippen molar-refractivity contribution in [2.45, 2.75) is 6.92 Å². The Kier molecular flexibility index (Phi) is 2.30. The van der Waals surface area contributed by atoms with E-state index in [9.17, 15) is 4.79 Å². The number of aromatic nitrogens is 4. The Balaban J connectivity index is 1.94. The molecule has 0 aromatic carbocycles. The predicted octanol–water partition coefficient (Wildman–Crippen LogP) is 1.28. The second-order valence-corrected chi connectivity index (χ2v) is 3.71. The molecule has 3 aromatic heterocycles. The second-order valence-electron chi connectivity index (χ2n) is 3.71. The second kappa shape index (κ2) is 3.95. The number of fused-ring (bicyclic) bond motifs is 1. The molecular weight excluding hydrogens is 234 g/mol. The fourth-order valence-corrected chi connectivity index (χ4v) is 1.61. The Labute approximate surface area is 101 Å². The summed E-state index contributed by atoms with van der Waals surface area (Å²) in [5, 5.41) is 10.4. The molecule has 1 N–H and O–H groups in total. The Morgan fingerprint density at radius 2 is 2.28 bits per heavy atom. The van der Waals surface area contributed by atoms with Crippen molar-refractivity contribution in [3.63, 3.8) is 0 Å². The summed E-state index contributed by atoms with van der Waals surface area (Å²) in [4.78, 5) is 16.1. The quantitative estimate of drug-likeness (QED) is 0.732. The molecule has 7 nitrogen and oxygen atoms in total. The summed E-state index contributed by atoms with van der Waals surface area (Å²) in [5.74, 6) is 0.679. The van der Waals surface area contributed by atoms with E-state index in [4.69, 9.17) is 4.52 Å². The molecule has 7 heteroatoms. The molecule has 0 bridgehead atoms. The lowest BCUT2D eigenvalue weighted by Crippen LogP contribution is -2.16. The zero-order chi connectivity index (χ0) is 12.5. The molecule has 18 heavy (non-hydrogen) atoms. The molecule has 0 unspecified atom stereocenters. The largest absolute Gasteiger partial charge is 0.360 e. The molecule has 90 valence electrons. The summed E-state index contributed by atoms with van der Waals surface area (Å²) in [6, 6.07) is 4.94. The average Bonchev–Trinajstić information content (AvgIpc) is 2.97. The minimum Gasteiger partial charge on any atom is -0.360 e. The van der Waals surface area contributed by atoms with Crippen molar-refractivity contribution < 1.29 is 9.32 Å². The van der Waals surface area contributed by atoms with Crippen LogP contribution in [0.1, 0.15) is 16.2 Å². The van der Waals surface area contributed by atoms with E-state index in [-0.39, 0.29) is 5.91 Å². The zero-order valence-corrected chi connectivity index (χ0v) is 9.49. The molecule has 0 aliphatic heterocycles. The number of nitrogens with zero attached hydrogens (tertiary/aromatic N) is 4. The zero-order valence-electron chi connectivity index (χ0n) is 9.49. The Bertz CT molecular complexity index is 715. The van der Waals surface area contributed by atoms with Crippen LogP contribution < -0.4 is 5.32 Å². The van der Waals surface area contributed by atoms with Crippen molar-refractivity contribution in [2.75, 3.05) is 5.32 Å². The highest BCUT2D eigenvalue weighted by atomic mass is 16.5. The van der Waals surface area contributed by atoms with Gasteiger partial charge >= 0.3 is 0 Å². The minimum absolute atomic E-state index is 0.320. The van der Waals surface area contributed by atoms with E-state index in [1.54, 1.807) is 37.5 Å². The summed E-state index contributed by atoms with van der Waals surface area (Å²) in [6.07, 6.45) is 3.14. The third-order valence-electron chi connectivity index (χ3n) is 2.39. The van der Waals surface area contributed by atoms with E-state index >= 15 is 0 Å². The van der Waals surface area contributed by atoms with Crippen molar-refractivity contribution in [2.24, 2.45) is 0 Å². The average molecular weight is 243 g/mol. The fraction of sp³-hybridized carbons (Fsp3) is 0.0909. The van der Waals surface area contributed by atoms with Crippen LogP contribution in [0.2, 0.25) is 0 Å². The number of carbonyl (C=O) groups is 1. The van der Waals surface area contributed by atoms with Crippen LogP contribution in [0.15, 0.2) is 35.1 Å². The Morgan fingerprint density at radius 3 is 3.06 bits per heavy atom. The summed E-state index contributed by atoms with van der Waals surface area (Å²) < 4.78 is 6.33. The van der Waals surface area contributed by atoms with Gasteiger partial charge in [-0.15, -0.1) is 0 Å². The monoisotopic (exact) mass is 243 g/mol. The highest BCUT2D eigenvalue weighted by Gasteiger charge is 2.13. The van der Waals surface area contributed by atoms with Crippen LogP contribution in [0, 0.1) is 6.92 Å². The molecule has 3 rings (SSSR count). The molecular formula is C11H9N5O2. The van der Waals surface area contributed by atoms with E-state index < -0.39 is 0 Å². The number of anilines is 1. The van der Waals surface area contributed by atoms with Gasteiger partial charge in [0.1, 0.15) is 11.5 Å². The number of hydrogen-bond donors (Lipinski definition) is 1. The first-order valence-corrected chi connectivity index (χ1v) is 5.27. The molecule has 0 saturated carbocycles. The maximum atomic E-state index is 12.1. The van der Waals surface area contributed by atoms with Gasteiger partial charge in [0, 0.05) is 18.3 Å². The van der Waals surface area contributed by atoms with Crippen molar-refractivity contribution in [1.82, 2.24) is 19.8 Å². The third-order valence-corrected chi connectivity index (χ3v) is 2.39. The summed E-state index contributed by atoms with van der Waals surface area (Å²) in [6.45, 7) is 1.75. The first-order chi connectivity index (χ1) is 8.74. The van der Waals surface area contributed by atoms with Crippen LogP contribution in [0.5, 0.6) is 0 Å². The molecule has 0 spiro atoms. The van der Waals surface area contributed by atoms with Gasteiger partial charge in [-0.3, -0.25) is 4.79 Å². The van der Waals surface area contributed by atoms with Crippen molar-refractivity contribution in [1.29, 1.82) is 0 Å². The van der Waals surface area contributed by atoms with Crippen molar-refractivity contribution in [3.05, 3.63) is 42.0 Å². The highest BCUT2D eigenvalue weighted by Crippen LogP contribution is 2.10. The van der Waals surface area contributed by atoms with E-state index in [1.165, 1.54) is 4.52 Å². The van der Waals surface area contributed by atoms with Crippen LogP contribution in [0.25, 0.3) is 5.65 Å². The number of nitrogens with one attached hydrogen (secondary N) is 1. The Morgan fingerprint density at radius 1 is 1.39 bits per heavy atom. The maximum absolute atomic E-state index is 12.1. The molecule has 0 radical (unpaired) electrons. The van der Waals surface area contributed by atoms with Crippen molar-refractivity contribution >= 4 is 17.4 Å². The fourth-order valence-electron chi connectivity index (χ4n) is 1.61. The summed E-state index contributed by atoms with van der Waals surface area (Å²) in [5.41, 5.74) is 0.990. The predicted molar refractivity (Wildman–Crippen MR) is 62.2 cm³/mol. The van der Waals surface area contributed by atoms with Gasteiger partial charge in [-0.2, -0.15) is 5.10 Å². The molecule has 3 heterocycles. The van der Waals surface area contributed by atoms with Gasteiger partial charge in [-0.05, 0) is 13.0 Å². The molecule has 0 atom stereocenters. The van der Waals surface area contributed by atoms with Crippen LogP contribution in [-0.4, -0.2) is 25.7 Å². The normalized spacial score (nSPS) is 10.7. The first-order valence-electron chi connectivity index (χ1n) is 5.27. The van der Waals surface area contributed by atoms with Gasteiger partial charge in [0.25, 0.3) is 5.91 Å². The topological polar surface area (TPSA) is 85.3 Å². The number of carbonyl (C=O) groups excluding carboxylic acids is 1. The molecule has 3 aromatic rings. The SMILES string of the molecule is Cc1cc(NC(=O)c2ccnc3ccnn23)no1. The number of aryl methyl sites for hydroxylation is 1. The summed E-state index contributed by atoms with van der Waals surface area (Å²) in [7, 11) is 0. The van der Waals surface area contributed by atoms with Crippen LogP contribution in [-0.2, 0) is 0 Å². The minimum atomic E-state index is -0.320. The smallest absolute Gasteiger partial charge is 0.275 e. The molecule has 0 aliphatic carbocycles.